The van der Waals surface area contributed by atoms with Crippen LogP contribution in [0.5, 0.6) is 5.75 Å². The largest absolute Gasteiger partial charge is 0.495 e. The second-order valence-corrected chi connectivity index (χ2v) is 5.22. The monoisotopic (exact) mass is 318 g/mol. The van der Waals surface area contributed by atoms with Crippen LogP contribution in [0.3, 0.4) is 0 Å². The molecule has 2 aromatic carbocycles. The minimum absolute atomic E-state index is 0.177. The Labute approximate surface area is 135 Å². The standard InChI is InChI=1S/C17H19ClN2O2/c1-22-16-8-7-13(11-15(16)18)9-10-19-17(21)20-12-14-5-3-2-4-6-14/h2-8,11H,9-10,12H2,1H3,(H2,19,20,21). The van der Waals surface area contributed by atoms with Crippen LogP contribution in [0, 0.1) is 0 Å². The number of rotatable bonds is 6. The summed E-state index contributed by atoms with van der Waals surface area (Å²) in [4.78, 5) is 11.7. The van der Waals surface area contributed by atoms with Crippen LogP contribution < -0.4 is 15.4 Å². The molecule has 0 saturated heterocycles. The summed E-state index contributed by atoms with van der Waals surface area (Å²) in [7, 11) is 1.58. The van der Waals surface area contributed by atoms with Gasteiger partial charge in [0.25, 0.3) is 0 Å². The third-order valence-corrected chi connectivity index (χ3v) is 3.51. The van der Waals surface area contributed by atoms with Crippen LogP contribution in [0.4, 0.5) is 4.79 Å². The van der Waals surface area contributed by atoms with Crippen molar-refractivity contribution in [2.45, 2.75) is 13.0 Å². The first kappa shape index (κ1) is 16.2. The molecule has 5 heteroatoms. The van der Waals surface area contributed by atoms with E-state index in [9.17, 15) is 4.79 Å². The van der Waals surface area contributed by atoms with Gasteiger partial charge in [-0.15, -0.1) is 0 Å². The van der Waals surface area contributed by atoms with E-state index in [0.717, 1.165) is 11.1 Å². The van der Waals surface area contributed by atoms with Crippen LogP contribution in [-0.4, -0.2) is 19.7 Å². The van der Waals surface area contributed by atoms with Gasteiger partial charge in [-0.2, -0.15) is 0 Å². The van der Waals surface area contributed by atoms with Crippen molar-refractivity contribution in [2.75, 3.05) is 13.7 Å². The molecule has 0 aliphatic rings. The Hall–Kier alpha value is -2.20. The SMILES string of the molecule is COc1ccc(CCNC(=O)NCc2ccccc2)cc1Cl. The Balaban J connectivity index is 1.72. The van der Waals surface area contributed by atoms with Crippen molar-refractivity contribution < 1.29 is 9.53 Å². The van der Waals surface area contributed by atoms with E-state index in [2.05, 4.69) is 10.6 Å². The first-order valence-electron chi connectivity index (χ1n) is 7.07. The first-order valence-corrected chi connectivity index (χ1v) is 7.45. The van der Waals surface area contributed by atoms with Gasteiger partial charge in [0.15, 0.2) is 0 Å². The minimum Gasteiger partial charge on any atom is -0.495 e. The molecule has 0 radical (unpaired) electrons. The smallest absolute Gasteiger partial charge is 0.315 e. The number of nitrogens with one attached hydrogen (secondary N) is 2. The second kappa shape index (κ2) is 8.29. The number of hydrogen-bond donors (Lipinski definition) is 2. The maximum Gasteiger partial charge on any atom is 0.315 e. The summed E-state index contributed by atoms with van der Waals surface area (Å²) in [6, 6.07) is 15.2. The molecule has 22 heavy (non-hydrogen) atoms. The number of methoxy groups -OCH3 is 1. The highest BCUT2D eigenvalue weighted by atomic mass is 35.5. The van der Waals surface area contributed by atoms with Gasteiger partial charge < -0.3 is 15.4 Å². The summed E-state index contributed by atoms with van der Waals surface area (Å²) in [6.07, 6.45) is 0.711. The number of benzene rings is 2. The summed E-state index contributed by atoms with van der Waals surface area (Å²) in [5.74, 6) is 0.652. The molecule has 0 bridgehead atoms. The van der Waals surface area contributed by atoms with Gasteiger partial charge in [0.2, 0.25) is 0 Å². The average Bonchev–Trinajstić information content (AvgIpc) is 2.54. The second-order valence-electron chi connectivity index (χ2n) is 4.81. The maximum atomic E-state index is 11.7. The van der Waals surface area contributed by atoms with Gasteiger partial charge in [0, 0.05) is 13.1 Å². The average molecular weight is 319 g/mol. The number of amides is 2. The van der Waals surface area contributed by atoms with Crippen LogP contribution in [-0.2, 0) is 13.0 Å². The van der Waals surface area contributed by atoms with E-state index in [0.29, 0.717) is 30.3 Å². The third kappa shape index (κ3) is 4.97. The van der Waals surface area contributed by atoms with Gasteiger partial charge in [0.1, 0.15) is 5.75 Å². The van der Waals surface area contributed by atoms with E-state index in [4.69, 9.17) is 16.3 Å². The molecule has 0 heterocycles. The maximum absolute atomic E-state index is 11.7. The lowest BCUT2D eigenvalue weighted by Crippen LogP contribution is -2.36. The lowest BCUT2D eigenvalue weighted by Gasteiger charge is -2.09. The van der Waals surface area contributed by atoms with Gasteiger partial charge in [0.05, 0.1) is 12.1 Å². The number of ether oxygens (including phenoxy) is 1. The Morgan fingerprint density at radius 2 is 1.86 bits per heavy atom. The van der Waals surface area contributed by atoms with Crippen LogP contribution in [0.1, 0.15) is 11.1 Å². The van der Waals surface area contributed by atoms with Crippen molar-refractivity contribution in [3.05, 3.63) is 64.7 Å². The molecule has 0 saturated carbocycles. The summed E-state index contributed by atoms with van der Waals surface area (Å²) < 4.78 is 5.10. The lowest BCUT2D eigenvalue weighted by molar-refractivity contribution is 0.240. The highest BCUT2D eigenvalue weighted by Crippen LogP contribution is 2.24. The van der Waals surface area contributed by atoms with E-state index in [-0.39, 0.29) is 6.03 Å². The first-order chi connectivity index (χ1) is 10.7. The van der Waals surface area contributed by atoms with Crippen molar-refractivity contribution in [2.24, 2.45) is 0 Å². The van der Waals surface area contributed by atoms with Crippen LogP contribution in [0.15, 0.2) is 48.5 Å². The van der Waals surface area contributed by atoms with Gasteiger partial charge in [-0.25, -0.2) is 4.79 Å². The Morgan fingerprint density at radius 3 is 2.55 bits per heavy atom. The fourth-order valence-electron chi connectivity index (χ4n) is 2.03. The highest BCUT2D eigenvalue weighted by molar-refractivity contribution is 6.32. The molecule has 0 aromatic heterocycles. The van der Waals surface area contributed by atoms with Gasteiger partial charge in [-0.3, -0.25) is 0 Å². The number of halogens is 1. The van der Waals surface area contributed by atoms with E-state index in [1.165, 1.54) is 0 Å². The molecule has 4 nitrogen and oxygen atoms in total. The highest BCUT2D eigenvalue weighted by Gasteiger charge is 2.03. The van der Waals surface area contributed by atoms with Gasteiger partial charge in [-0.1, -0.05) is 48.0 Å². The Bertz CT molecular complexity index is 617. The molecule has 116 valence electrons. The van der Waals surface area contributed by atoms with Crippen LogP contribution in [0.25, 0.3) is 0 Å². The quantitative estimate of drug-likeness (QED) is 0.857. The zero-order chi connectivity index (χ0) is 15.8. The van der Waals surface area contributed by atoms with Crippen molar-refractivity contribution >= 4 is 17.6 Å². The number of hydrogen-bond acceptors (Lipinski definition) is 2. The predicted molar refractivity (Wildman–Crippen MR) is 88.4 cm³/mol. The Morgan fingerprint density at radius 1 is 1.09 bits per heavy atom. The van der Waals surface area contributed by atoms with E-state index >= 15 is 0 Å². The molecular weight excluding hydrogens is 300 g/mol. The lowest BCUT2D eigenvalue weighted by atomic mass is 10.1. The van der Waals surface area contributed by atoms with Gasteiger partial charge in [-0.05, 0) is 29.7 Å². The number of urea groups is 1. The van der Waals surface area contributed by atoms with Crippen molar-refractivity contribution in [1.29, 1.82) is 0 Å². The fourth-order valence-corrected chi connectivity index (χ4v) is 2.31. The van der Waals surface area contributed by atoms with Crippen molar-refractivity contribution in [1.82, 2.24) is 10.6 Å². The zero-order valence-corrected chi connectivity index (χ0v) is 13.2. The number of carbonyl (C=O) groups is 1. The normalized spacial score (nSPS) is 10.1. The molecule has 2 rings (SSSR count). The van der Waals surface area contributed by atoms with Crippen molar-refractivity contribution in [3.63, 3.8) is 0 Å². The number of carbonyl (C=O) groups excluding carboxylic acids is 1. The van der Waals surface area contributed by atoms with E-state index in [1.807, 2.05) is 48.5 Å². The van der Waals surface area contributed by atoms with Crippen LogP contribution in [0.2, 0.25) is 5.02 Å². The summed E-state index contributed by atoms with van der Waals surface area (Å²) >= 11 is 6.06. The van der Waals surface area contributed by atoms with Gasteiger partial charge >= 0.3 is 6.03 Å². The Kier molecular flexibility index (Phi) is 6.10. The summed E-state index contributed by atoms with van der Waals surface area (Å²) in [5.41, 5.74) is 2.12. The molecule has 2 N–H and O–H groups in total. The molecule has 2 aromatic rings. The molecule has 0 aliphatic heterocycles. The molecule has 2 amide bonds. The van der Waals surface area contributed by atoms with E-state index < -0.39 is 0 Å². The third-order valence-electron chi connectivity index (χ3n) is 3.21. The minimum atomic E-state index is -0.177. The summed E-state index contributed by atoms with van der Waals surface area (Å²) in [6.45, 7) is 1.06. The predicted octanol–water partition coefficient (Wildman–Crippen LogP) is 3.39. The van der Waals surface area contributed by atoms with Crippen LogP contribution >= 0.6 is 11.6 Å². The molecule has 0 spiro atoms. The fraction of sp³-hybridized carbons (Fsp3) is 0.235. The molecular formula is C17H19ClN2O2. The van der Waals surface area contributed by atoms with Crippen molar-refractivity contribution in [3.8, 4) is 5.75 Å². The topological polar surface area (TPSA) is 50.4 Å². The van der Waals surface area contributed by atoms with E-state index in [1.54, 1.807) is 7.11 Å². The summed E-state index contributed by atoms with van der Waals surface area (Å²) in [5, 5.41) is 6.22. The molecule has 0 atom stereocenters. The molecule has 0 fully saturated rings. The molecule has 0 unspecified atom stereocenters. The zero-order valence-electron chi connectivity index (χ0n) is 12.4. The molecule has 0 aliphatic carbocycles.